The summed E-state index contributed by atoms with van der Waals surface area (Å²) in [7, 11) is 1.56. The third kappa shape index (κ3) is 1.85. The largest absolute Gasteiger partial charge is 0.368 e. The van der Waals surface area contributed by atoms with Crippen LogP contribution >= 0.6 is 0 Å². The number of hydrogen-bond acceptors (Lipinski definition) is 2. The number of fused-ring (bicyclic) bond motifs is 1. The molecule has 3 unspecified atom stereocenters. The Balaban J connectivity index is 1.91. The van der Waals surface area contributed by atoms with Crippen molar-refractivity contribution in [1.29, 1.82) is 0 Å². The molecular formula is C13H22O2. The van der Waals surface area contributed by atoms with Crippen LogP contribution in [0.3, 0.4) is 0 Å². The number of aliphatic hydroxyl groups is 1. The lowest BCUT2D eigenvalue weighted by atomic mass is 9.48. The zero-order chi connectivity index (χ0) is 11.1. The Bertz CT molecular complexity index is 268. The number of rotatable bonds is 4. The molecule has 1 fully saturated rings. The van der Waals surface area contributed by atoms with Gasteiger partial charge in [-0.1, -0.05) is 25.5 Å². The van der Waals surface area contributed by atoms with Gasteiger partial charge in [0.1, 0.15) is 0 Å². The summed E-state index contributed by atoms with van der Waals surface area (Å²) in [5.74, 6) is 1.67. The van der Waals surface area contributed by atoms with Crippen molar-refractivity contribution >= 4 is 0 Å². The summed E-state index contributed by atoms with van der Waals surface area (Å²) >= 11 is 0. The zero-order valence-corrected chi connectivity index (χ0v) is 9.99. The monoisotopic (exact) mass is 210 g/mol. The second-order valence-corrected chi connectivity index (χ2v) is 5.55. The topological polar surface area (TPSA) is 29.5 Å². The average molecular weight is 210 g/mol. The van der Waals surface area contributed by atoms with Crippen LogP contribution in [0.25, 0.3) is 0 Å². The maximum Gasteiger partial charge on any atom is 0.154 e. The van der Waals surface area contributed by atoms with Gasteiger partial charge in [0.2, 0.25) is 0 Å². The van der Waals surface area contributed by atoms with E-state index in [1.165, 1.54) is 12.8 Å². The molecule has 3 aliphatic rings. The predicted octanol–water partition coefficient (Wildman–Crippen LogP) is 2.72. The molecule has 0 aromatic carbocycles. The molecule has 0 aliphatic heterocycles. The normalized spacial score (nSPS) is 34.3. The Morgan fingerprint density at radius 3 is 2.87 bits per heavy atom. The van der Waals surface area contributed by atoms with Crippen LogP contribution in [0.1, 0.15) is 39.5 Å². The van der Waals surface area contributed by atoms with E-state index in [9.17, 15) is 5.11 Å². The smallest absolute Gasteiger partial charge is 0.154 e. The van der Waals surface area contributed by atoms with Crippen molar-refractivity contribution in [3.8, 4) is 0 Å². The van der Waals surface area contributed by atoms with Crippen molar-refractivity contribution in [2.24, 2.45) is 17.3 Å². The van der Waals surface area contributed by atoms with Gasteiger partial charge >= 0.3 is 0 Å². The summed E-state index contributed by atoms with van der Waals surface area (Å²) in [4.78, 5) is 0. The zero-order valence-electron chi connectivity index (χ0n) is 9.99. The highest BCUT2D eigenvalue weighted by atomic mass is 16.6. The lowest BCUT2D eigenvalue weighted by Crippen LogP contribution is -2.48. The van der Waals surface area contributed by atoms with Gasteiger partial charge in [0.15, 0.2) is 6.29 Å². The summed E-state index contributed by atoms with van der Waals surface area (Å²) < 4.78 is 4.87. The van der Waals surface area contributed by atoms with Crippen LogP contribution in [-0.2, 0) is 4.74 Å². The predicted molar refractivity (Wildman–Crippen MR) is 60.3 cm³/mol. The van der Waals surface area contributed by atoms with Gasteiger partial charge in [-0.2, -0.15) is 0 Å². The van der Waals surface area contributed by atoms with E-state index in [0.717, 1.165) is 24.7 Å². The first-order chi connectivity index (χ1) is 7.05. The summed E-state index contributed by atoms with van der Waals surface area (Å²) in [5.41, 5.74) is 2.06. The highest BCUT2D eigenvalue weighted by Gasteiger charge is 2.50. The molecule has 0 heterocycles. The molecule has 2 bridgehead atoms. The Morgan fingerprint density at radius 2 is 2.33 bits per heavy atom. The lowest BCUT2D eigenvalue weighted by Gasteiger charge is -2.56. The van der Waals surface area contributed by atoms with Gasteiger partial charge in [-0.05, 0) is 36.5 Å². The highest BCUT2D eigenvalue weighted by Crippen LogP contribution is 2.59. The Hall–Kier alpha value is -0.340. The van der Waals surface area contributed by atoms with Crippen LogP contribution in [0.5, 0.6) is 0 Å². The van der Waals surface area contributed by atoms with Gasteiger partial charge in [0, 0.05) is 13.5 Å². The van der Waals surface area contributed by atoms with Crippen molar-refractivity contribution in [2.75, 3.05) is 7.11 Å². The molecule has 0 spiro atoms. The van der Waals surface area contributed by atoms with Crippen LogP contribution in [0.15, 0.2) is 11.6 Å². The van der Waals surface area contributed by atoms with Crippen molar-refractivity contribution in [1.82, 2.24) is 0 Å². The van der Waals surface area contributed by atoms with E-state index in [1.54, 1.807) is 12.7 Å². The molecule has 86 valence electrons. The minimum atomic E-state index is -0.591. The Morgan fingerprint density at radius 1 is 1.60 bits per heavy atom. The third-order valence-electron chi connectivity index (χ3n) is 4.53. The molecule has 15 heavy (non-hydrogen) atoms. The fourth-order valence-corrected chi connectivity index (χ4v) is 3.17. The van der Waals surface area contributed by atoms with E-state index in [4.69, 9.17) is 4.74 Å². The van der Waals surface area contributed by atoms with Crippen LogP contribution in [0.4, 0.5) is 0 Å². The summed E-state index contributed by atoms with van der Waals surface area (Å²) in [6, 6.07) is 0. The minimum Gasteiger partial charge on any atom is -0.368 e. The molecule has 3 atom stereocenters. The molecule has 0 aromatic heterocycles. The minimum absolute atomic E-state index is 0.502. The molecular weight excluding hydrogens is 188 g/mol. The van der Waals surface area contributed by atoms with Crippen LogP contribution in [0.2, 0.25) is 0 Å². The van der Waals surface area contributed by atoms with E-state index in [2.05, 4.69) is 19.9 Å². The molecule has 2 heteroatoms. The molecule has 1 saturated carbocycles. The third-order valence-corrected chi connectivity index (χ3v) is 4.53. The van der Waals surface area contributed by atoms with Crippen molar-refractivity contribution < 1.29 is 9.84 Å². The molecule has 1 N–H and O–H groups in total. The van der Waals surface area contributed by atoms with Gasteiger partial charge in [-0.15, -0.1) is 0 Å². The van der Waals surface area contributed by atoms with Crippen molar-refractivity contribution in [2.45, 2.75) is 45.8 Å². The van der Waals surface area contributed by atoms with Gasteiger partial charge in [-0.3, -0.25) is 0 Å². The van der Waals surface area contributed by atoms with E-state index in [1.807, 2.05) is 0 Å². The maximum atomic E-state index is 9.37. The molecule has 2 nitrogen and oxygen atoms in total. The molecule has 3 aliphatic carbocycles. The SMILES string of the molecule is COC(O)CCC1=CCC2CC1C2(C)C. The molecule has 0 radical (unpaired) electrons. The second-order valence-electron chi connectivity index (χ2n) is 5.55. The standard InChI is InChI=1S/C13H22O2/c1-13(2)10-6-4-9(11(13)8-10)5-7-12(14)15-3/h4,10-12,14H,5-8H2,1-3H3. The van der Waals surface area contributed by atoms with Crippen LogP contribution < -0.4 is 0 Å². The number of allylic oxidation sites excluding steroid dienone is 2. The Kier molecular flexibility index (Phi) is 2.91. The average Bonchev–Trinajstić information content (AvgIpc) is 2.25. The summed E-state index contributed by atoms with van der Waals surface area (Å²) in [6.45, 7) is 4.76. The van der Waals surface area contributed by atoms with Gasteiger partial charge in [0.25, 0.3) is 0 Å². The number of aliphatic hydroxyl groups excluding tert-OH is 1. The first kappa shape index (κ1) is 11.2. The first-order valence-electron chi connectivity index (χ1n) is 5.95. The first-order valence-corrected chi connectivity index (χ1v) is 5.95. The fraction of sp³-hybridized carbons (Fsp3) is 0.846. The number of ether oxygens (including phenoxy) is 1. The molecule has 0 aromatic rings. The fourth-order valence-electron chi connectivity index (χ4n) is 3.17. The van der Waals surface area contributed by atoms with Crippen LogP contribution in [-0.4, -0.2) is 18.5 Å². The van der Waals surface area contributed by atoms with Gasteiger partial charge in [-0.25, -0.2) is 0 Å². The van der Waals surface area contributed by atoms with E-state index in [0.29, 0.717) is 5.41 Å². The second kappa shape index (κ2) is 3.91. The molecule has 0 saturated heterocycles. The molecule has 3 rings (SSSR count). The molecule has 0 amide bonds. The van der Waals surface area contributed by atoms with E-state index >= 15 is 0 Å². The highest BCUT2D eigenvalue weighted by molar-refractivity contribution is 5.23. The van der Waals surface area contributed by atoms with Crippen molar-refractivity contribution in [3.05, 3.63) is 11.6 Å². The number of hydrogen-bond donors (Lipinski definition) is 1. The van der Waals surface area contributed by atoms with Gasteiger partial charge < -0.3 is 9.84 Å². The summed E-state index contributed by atoms with van der Waals surface area (Å²) in [5, 5.41) is 9.37. The Labute approximate surface area is 92.3 Å². The van der Waals surface area contributed by atoms with E-state index in [-0.39, 0.29) is 0 Å². The maximum absolute atomic E-state index is 9.37. The van der Waals surface area contributed by atoms with Crippen molar-refractivity contribution in [3.63, 3.8) is 0 Å². The van der Waals surface area contributed by atoms with E-state index < -0.39 is 6.29 Å². The quantitative estimate of drug-likeness (QED) is 0.571. The van der Waals surface area contributed by atoms with Crippen LogP contribution in [0, 0.1) is 17.3 Å². The number of methoxy groups -OCH3 is 1. The lowest BCUT2D eigenvalue weighted by molar-refractivity contribution is -0.0801. The summed E-state index contributed by atoms with van der Waals surface area (Å²) in [6.07, 6.45) is 6.14. The van der Waals surface area contributed by atoms with Gasteiger partial charge in [0.05, 0.1) is 0 Å².